The van der Waals surface area contributed by atoms with Crippen LogP contribution in [-0.2, 0) is 6.54 Å². The zero-order chi connectivity index (χ0) is 13.4. The van der Waals surface area contributed by atoms with Crippen molar-refractivity contribution in [2.45, 2.75) is 51.1 Å². The molecule has 0 spiro atoms. The van der Waals surface area contributed by atoms with Gasteiger partial charge in [0, 0.05) is 6.04 Å². The van der Waals surface area contributed by atoms with E-state index in [1.165, 1.54) is 45.1 Å². The SMILES string of the molecule is c1ccc2oc(CN3CCC[C@H]4CCCC[C@H]43)nc2c1. The van der Waals surface area contributed by atoms with Crippen molar-refractivity contribution in [2.24, 2.45) is 5.92 Å². The molecule has 2 fully saturated rings. The fourth-order valence-electron chi connectivity index (χ4n) is 4.09. The van der Waals surface area contributed by atoms with E-state index in [4.69, 9.17) is 4.42 Å². The summed E-state index contributed by atoms with van der Waals surface area (Å²) in [7, 11) is 0. The topological polar surface area (TPSA) is 29.3 Å². The molecule has 1 aromatic carbocycles. The van der Waals surface area contributed by atoms with Crippen molar-refractivity contribution in [1.82, 2.24) is 9.88 Å². The first-order valence-electron chi connectivity index (χ1n) is 7.99. The number of piperidine rings is 1. The van der Waals surface area contributed by atoms with E-state index in [0.29, 0.717) is 0 Å². The van der Waals surface area contributed by atoms with Gasteiger partial charge in [-0.2, -0.15) is 0 Å². The van der Waals surface area contributed by atoms with Gasteiger partial charge in [0.15, 0.2) is 5.58 Å². The van der Waals surface area contributed by atoms with Crippen molar-refractivity contribution in [3.05, 3.63) is 30.2 Å². The molecule has 2 heterocycles. The van der Waals surface area contributed by atoms with E-state index in [-0.39, 0.29) is 0 Å². The molecule has 106 valence electrons. The Bertz CT molecular complexity index is 556. The van der Waals surface area contributed by atoms with E-state index in [1.807, 2.05) is 24.3 Å². The predicted molar refractivity (Wildman–Crippen MR) is 79.4 cm³/mol. The molecule has 1 saturated heterocycles. The van der Waals surface area contributed by atoms with Crippen LogP contribution >= 0.6 is 0 Å². The molecule has 1 saturated carbocycles. The normalized spacial score (nSPS) is 27.6. The van der Waals surface area contributed by atoms with Gasteiger partial charge in [0.25, 0.3) is 0 Å². The Balaban J connectivity index is 1.54. The lowest BCUT2D eigenvalue weighted by atomic mass is 9.78. The smallest absolute Gasteiger partial charge is 0.209 e. The number of rotatable bonds is 2. The van der Waals surface area contributed by atoms with Crippen LogP contribution < -0.4 is 0 Å². The van der Waals surface area contributed by atoms with Crippen LogP contribution in [0.4, 0.5) is 0 Å². The minimum absolute atomic E-state index is 0.771. The van der Waals surface area contributed by atoms with E-state index in [1.54, 1.807) is 0 Å². The Labute approximate surface area is 120 Å². The number of hydrogen-bond acceptors (Lipinski definition) is 3. The highest BCUT2D eigenvalue weighted by Crippen LogP contribution is 2.36. The number of likely N-dealkylation sites (tertiary alicyclic amines) is 1. The van der Waals surface area contributed by atoms with Gasteiger partial charge < -0.3 is 4.42 Å². The molecule has 2 aromatic rings. The molecule has 4 rings (SSSR count). The van der Waals surface area contributed by atoms with E-state index in [9.17, 15) is 0 Å². The first-order chi connectivity index (χ1) is 9.90. The largest absolute Gasteiger partial charge is 0.439 e. The first kappa shape index (κ1) is 12.4. The zero-order valence-corrected chi connectivity index (χ0v) is 11.9. The molecule has 3 nitrogen and oxygen atoms in total. The average Bonchev–Trinajstić information content (AvgIpc) is 2.90. The maximum Gasteiger partial charge on any atom is 0.209 e. The van der Waals surface area contributed by atoms with E-state index < -0.39 is 0 Å². The van der Waals surface area contributed by atoms with Gasteiger partial charge in [0.05, 0.1) is 6.54 Å². The van der Waals surface area contributed by atoms with Crippen molar-refractivity contribution < 1.29 is 4.42 Å². The third-order valence-corrected chi connectivity index (χ3v) is 5.03. The Hall–Kier alpha value is -1.35. The summed E-state index contributed by atoms with van der Waals surface area (Å²) >= 11 is 0. The summed E-state index contributed by atoms with van der Waals surface area (Å²) in [5.41, 5.74) is 1.90. The standard InChI is InChI=1S/C17H22N2O/c1-3-9-15-13(6-1)7-5-11-19(15)12-17-18-14-8-2-4-10-16(14)20-17/h2,4,8,10,13,15H,1,3,5-7,9,11-12H2/t13-,15-/m1/s1. The van der Waals surface area contributed by atoms with Crippen molar-refractivity contribution >= 4 is 11.1 Å². The van der Waals surface area contributed by atoms with Crippen LogP contribution in [0.25, 0.3) is 11.1 Å². The van der Waals surface area contributed by atoms with Crippen LogP contribution in [0.15, 0.2) is 28.7 Å². The zero-order valence-electron chi connectivity index (χ0n) is 11.9. The number of nitrogens with zero attached hydrogens (tertiary/aromatic N) is 2. The average molecular weight is 270 g/mol. The van der Waals surface area contributed by atoms with Gasteiger partial charge in [-0.05, 0) is 50.3 Å². The van der Waals surface area contributed by atoms with Crippen LogP contribution in [0.1, 0.15) is 44.4 Å². The number of aromatic nitrogens is 1. The molecule has 0 radical (unpaired) electrons. The Morgan fingerprint density at radius 3 is 2.90 bits per heavy atom. The van der Waals surface area contributed by atoms with Gasteiger partial charge in [-0.3, -0.25) is 4.90 Å². The fourth-order valence-corrected chi connectivity index (χ4v) is 4.09. The van der Waals surface area contributed by atoms with E-state index in [0.717, 1.165) is 35.5 Å². The minimum Gasteiger partial charge on any atom is -0.439 e. The molecule has 2 atom stereocenters. The van der Waals surface area contributed by atoms with Gasteiger partial charge in [0.2, 0.25) is 5.89 Å². The van der Waals surface area contributed by atoms with E-state index >= 15 is 0 Å². The molecule has 0 amide bonds. The summed E-state index contributed by atoms with van der Waals surface area (Å²) in [6.45, 7) is 2.09. The first-order valence-corrected chi connectivity index (χ1v) is 7.99. The fraction of sp³-hybridized carbons (Fsp3) is 0.588. The molecule has 2 aliphatic rings. The van der Waals surface area contributed by atoms with Crippen molar-refractivity contribution in [2.75, 3.05) is 6.54 Å². The molecular weight excluding hydrogens is 248 g/mol. The Kier molecular flexibility index (Phi) is 3.23. The second-order valence-corrected chi connectivity index (χ2v) is 6.30. The summed E-state index contributed by atoms with van der Waals surface area (Å²) in [6, 6.07) is 8.84. The maximum atomic E-state index is 5.90. The monoisotopic (exact) mass is 270 g/mol. The third-order valence-electron chi connectivity index (χ3n) is 5.03. The van der Waals surface area contributed by atoms with Crippen molar-refractivity contribution in [3.63, 3.8) is 0 Å². The predicted octanol–water partition coefficient (Wildman–Crippen LogP) is 3.98. The third kappa shape index (κ3) is 2.24. The van der Waals surface area contributed by atoms with Gasteiger partial charge in [0.1, 0.15) is 5.52 Å². The maximum absolute atomic E-state index is 5.90. The summed E-state index contributed by atoms with van der Waals surface area (Å²) in [6.07, 6.45) is 8.37. The summed E-state index contributed by atoms with van der Waals surface area (Å²) in [4.78, 5) is 7.26. The van der Waals surface area contributed by atoms with Crippen LogP contribution in [0.3, 0.4) is 0 Å². The van der Waals surface area contributed by atoms with Crippen LogP contribution in [0, 0.1) is 5.92 Å². The Morgan fingerprint density at radius 1 is 1.10 bits per heavy atom. The van der Waals surface area contributed by atoms with E-state index in [2.05, 4.69) is 9.88 Å². The minimum atomic E-state index is 0.771. The number of fused-ring (bicyclic) bond motifs is 2. The highest BCUT2D eigenvalue weighted by Gasteiger charge is 2.33. The Morgan fingerprint density at radius 2 is 1.95 bits per heavy atom. The highest BCUT2D eigenvalue weighted by atomic mass is 16.3. The van der Waals surface area contributed by atoms with Gasteiger partial charge in [-0.25, -0.2) is 4.98 Å². The number of hydrogen-bond donors (Lipinski definition) is 0. The second-order valence-electron chi connectivity index (χ2n) is 6.30. The molecule has 3 heteroatoms. The summed E-state index contributed by atoms with van der Waals surface area (Å²) < 4.78 is 5.90. The number of oxazole rings is 1. The highest BCUT2D eigenvalue weighted by molar-refractivity contribution is 5.72. The molecule has 0 N–H and O–H groups in total. The lowest BCUT2D eigenvalue weighted by Gasteiger charge is -2.43. The van der Waals surface area contributed by atoms with Crippen LogP contribution in [0.2, 0.25) is 0 Å². The lowest BCUT2D eigenvalue weighted by molar-refractivity contribution is 0.0486. The number of para-hydroxylation sites is 2. The quantitative estimate of drug-likeness (QED) is 0.826. The number of benzene rings is 1. The van der Waals surface area contributed by atoms with Crippen LogP contribution in [0.5, 0.6) is 0 Å². The van der Waals surface area contributed by atoms with Crippen molar-refractivity contribution in [1.29, 1.82) is 0 Å². The molecule has 1 aliphatic heterocycles. The van der Waals surface area contributed by atoms with Crippen LogP contribution in [-0.4, -0.2) is 22.5 Å². The second kappa shape index (κ2) is 5.21. The summed E-state index contributed by atoms with van der Waals surface area (Å²) in [5.74, 6) is 1.80. The van der Waals surface area contributed by atoms with Gasteiger partial charge >= 0.3 is 0 Å². The van der Waals surface area contributed by atoms with Gasteiger partial charge in [-0.1, -0.05) is 25.0 Å². The van der Waals surface area contributed by atoms with Crippen molar-refractivity contribution in [3.8, 4) is 0 Å². The molecule has 1 aliphatic carbocycles. The molecule has 1 aromatic heterocycles. The lowest BCUT2D eigenvalue weighted by Crippen LogP contribution is -2.46. The molecular formula is C17H22N2O. The van der Waals surface area contributed by atoms with Gasteiger partial charge in [-0.15, -0.1) is 0 Å². The molecule has 0 bridgehead atoms. The molecule has 0 unspecified atom stereocenters. The molecule has 20 heavy (non-hydrogen) atoms. The summed E-state index contributed by atoms with van der Waals surface area (Å²) in [5, 5.41) is 0.